The average Bonchev–Trinajstić information content (AvgIpc) is 2.72. The lowest BCUT2D eigenvalue weighted by Crippen LogP contribution is -2.50. The summed E-state index contributed by atoms with van der Waals surface area (Å²) in [6.07, 6.45) is 1.27. The number of hydrogen-bond acceptors (Lipinski definition) is 3. The minimum atomic E-state index is -1.00. The number of halogens is 1. The Morgan fingerprint density at radius 3 is 2.90 bits per heavy atom. The van der Waals surface area contributed by atoms with E-state index in [-0.39, 0.29) is 12.5 Å². The van der Waals surface area contributed by atoms with Crippen LogP contribution in [0.4, 0.5) is 10.1 Å². The number of rotatable bonds is 4. The Balaban J connectivity index is 2.00. The highest BCUT2D eigenvalue weighted by Gasteiger charge is 2.43. The Bertz CT molecular complexity index is 535. The minimum Gasteiger partial charge on any atom is -0.480 e. The second-order valence-electron chi connectivity index (χ2n) is 5.16. The summed E-state index contributed by atoms with van der Waals surface area (Å²) in [7, 11) is 0. The van der Waals surface area contributed by atoms with E-state index in [4.69, 9.17) is 0 Å². The predicted molar refractivity (Wildman–Crippen MR) is 71.9 cm³/mol. The topological polar surface area (TPSA) is 69.6 Å². The van der Waals surface area contributed by atoms with Gasteiger partial charge in [0.15, 0.2) is 0 Å². The Morgan fingerprint density at radius 1 is 1.50 bits per heavy atom. The summed E-state index contributed by atoms with van der Waals surface area (Å²) in [6.45, 7) is 2.18. The monoisotopic (exact) mass is 280 g/mol. The molecule has 1 heterocycles. The van der Waals surface area contributed by atoms with Crippen LogP contribution in [0.15, 0.2) is 24.3 Å². The lowest BCUT2D eigenvalue weighted by atomic mass is 9.99. The zero-order valence-corrected chi connectivity index (χ0v) is 11.2. The van der Waals surface area contributed by atoms with Crippen molar-refractivity contribution in [3.8, 4) is 0 Å². The molecule has 0 bridgehead atoms. The third-order valence-electron chi connectivity index (χ3n) is 3.69. The largest absolute Gasteiger partial charge is 0.480 e. The van der Waals surface area contributed by atoms with Crippen molar-refractivity contribution in [2.45, 2.75) is 25.3 Å². The van der Waals surface area contributed by atoms with Crippen LogP contribution in [0.2, 0.25) is 0 Å². The van der Waals surface area contributed by atoms with Gasteiger partial charge in [-0.15, -0.1) is 0 Å². The van der Waals surface area contributed by atoms with Gasteiger partial charge in [-0.2, -0.15) is 0 Å². The molecule has 1 aliphatic heterocycles. The number of amides is 1. The third-order valence-corrected chi connectivity index (χ3v) is 3.69. The van der Waals surface area contributed by atoms with Gasteiger partial charge >= 0.3 is 5.97 Å². The lowest BCUT2D eigenvalue weighted by molar-refractivity contribution is -0.149. The van der Waals surface area contributed by atoms with Crippen LogP contribution in [0.25, 0.3) is 0 Å². The molecule has 0 spiro atoms. The van der Waals surface area contributed by atoms with E-state index in [9.17, 15) is 19.1 Å². The van der Waals surface area contributed by atoms with Gasteiger partial charge < -0.3 is 10.4 Å². The van der Waals surface area contributed by atoms with Gasteiger partial charge in [0.1, 0.15) is 11.4 Å². The molecule has 0 saturated carbocycles. The molecule has 1 aliphatic rings. The third kappa shape index (κ3) is 2.96. The summed E-state index contributed by atoms with van der Waals surface area (Å²) in [5.41, 5.74) is -0.634. The Kier molecular flexibility index (Phi) is 4.04. The first-order valence-corrected chi connectivity index (χ1v) is 6.46. The molecule has 5 nitrogen and oxygen atoms in total. The van der Waals surface area contributed by atoms with E-state index in [0.717, 1.165) is 6.42 Å². The second kappa shape index (κ2) is 5.58. The highest BCUT2D eigenvalue weighted by atomic mass is 19.1. The van der Waals surface area contributed by atoms with Crippen molar-refractivity contribution in [3.63, 3.8) is 0 Å². The predicted octanol–water partition coefficient (Wildman–Crippen LogP) is 1.70. The maximum Gasteiger partial charge on any atom is 0.323 e. The normalized spacial score (nSPS) is 22.7. The van der Waals surface area contributed by atoms with Crippen molar-refractivity contribution in [3.05, 3.63) is 30.1 Å². The molecule has 2 rings (SSSR count). The molecule has 0 aromatic heterocycles. The van der Waals surface area contributed by atoms with Gasteiger partial charge in [-0.05, 0) is 44.5 Å². The van der Waals surface area contributed by atoms with E-state index in [1.165, 1.54) is 18.2 Å². The molecule has 1 atom stereocenters. The quantitative estimate of drug-likeness (QED) is 0.880. The molecule has 1 amide bonds. The van der Waals surface area contributed by atoms with E-state index < -0.39 is 17.3 Å². The molecule has 20 heavy (non-hydrogen) atoms. The Morgan fingerprint density at radius 2 is 2.25 bits per heavy atom. The number of carboxylic acid groups (broad SMARTS) is 1. The summed E-state index contributed by atoms with van der Waals surface area (Å²) in [5.74, 6) is -1.70. The molecule has 1 fully saturated rings. The number of likely N-dealkylation sites (tertiary alicyclic amines) is 1. The number of aliphatic carboxylic acids is 1. The van der Waals surface area contributed by atoms with Gasteiger partial charge in [0.05, 0.1) is 6.54 Å². The molecule has 2 N–H and O–H groups in total. The average molecular weight is 280 g/mol. The van der Waals surface area contributed by atoms with Gasteiger partial charge in [-0.25, -0.2) is 4.39 Å². The summed E-state index contributed by atoms with van der Waals surface area (Å²) in [5, 5.41) is 11.8. The Labute approximate surface area is 116 Å². The smallest absolute Gasteiger partial charge is 0.323 e. The number of hydrogen-bond donors (Lipinski definition) is 2. The Hall–Kier alpha value is -1.95. The van der Waals surface area contributed by atoms with Gasteiger partial charge in [-0.3, -0.25) is 14.5 Å². The van der Waals surface area contributed by atoms with Gasteiger partial charge in [-0.1, -0.05) is 6.07 Å². The van der Waals surface area contributed by atoms with Crippen LogP contribution in [-0.2, 0) is 9.59 Å². The number of carboxylic acids is 1. The van der Waals surface area contributed by atoms with Crippen LogP contribution in [0.3, 0.4) is 0 Å². The number of nitrogens with one attached hydrogen (secondary N) is 1. The van der Waals surface area contributed by atoms with Crippen LogP contribution in [0.1, 0.15) is 19.8 Å². The molecule has 1 unspecified atom stereocenters. The first-order chi connectivity index (χ1) is 9.41. The SMILES string of the molecule is CC1(C(=O)O)CCCN1CC(=O)Nc1cccc(F)c1. The van der Waals surface area contributed by atoms with Gasteiger partial charge in [0.25, 0.3) is 0 Å². The maximum atomic E-state index is 13.0. The van der Waals surface area contributed by atoms with E-state index in [2.05, 4.69) is 5.32 Å². The van der Waals surface area contributed by atoms with Crippen LogP contribution >= 0.6 is 0 Å². The number of nitrogens with zero attached hydrogens (tertiary/aromatic N) is 1. The minimum absolute atomic E-state index is 0.0146. The van der Waals surface area contributed by atoms with Crippen molar-refractivity contribution in [1.82, 2.24) is 4.90 Å². The summed E-state index contributed by atoms with van der Waals surface area (Å²) < 4.78 is 13.0. The van der Waals surface area contributed by atoms with Crippen LogP contribution in [0, 0.1) is 5.82 Å². The number of carbonyl (C=O) groups is 2. The van der Waals surface area contributed by atoms with Crippen molar-refractivity contribution in [1.29, 1.82) is 0 Å². The fourth-order valence-electron chi connectivity index (χ4n) is 2.45. The first-order valence-electron chi connectivity index (χ1n) is 6.46. The van der Waals surface area contributed by atoms with Crippen molar-refractivity contribution < 1.29 is 19.1 Å². The van der Waals surface area contributed by atoms with Crippen LogP contribution in [-0.4, -0.2) is 40.5 Å². The number of benzene rings is 1. The van der Waals surface area contributed by atoms with Crippen molar-refractivity contribution in [2.24, 2.45) is 0 Å². The molecule has 1 saturated heterocycles. The summed E-state index contributed by atoms with van der Waals surface area (Å²) in [6, 6.07) is 5.60. The molecule has 0 aliphatic carbocycles. The molecular weight excluding hydrogens is 263 g/mol. The number of carbonyl (C=O) groups excluding carboxylic acids is 1. The standard InChI is InChI=1S/C14H17FN2O3/c1-14(13(19)20)6-3-7-17(14)9-12(18)16-11-5-2-4-10(15)8-11/h2,4-5,8H,3,6-7,9H2,1H3,(H,16,18)(H,19,20). The second-order valence-corrected chi connectivity index (χ2v) is 5.16. The fraction of sp³-hybridized carbons (Fsp3) is 0.429. The zero-order chi connectivity index (χ0) is 14.8. The molecule has 1 aromatic rings. The summed E-state index contributed by atoms with van der Waals surface area (Å²) >= 11 is 0. The van der Waals surface area contributed by atoms with E-state index >= 15 is 0 Å². The van der Waals surface area contributed by atoms with Crippen molar-refractivity contribution in [2.75, 3.05) is 18.4 Å². The highest BCUT2D eigenvalue weighted by Crippen LogP contribution is 2.28. The van der Waals surface area contributed by atoms with E-state index in [0.29, 0.717) is 18.7 Å². The molecular formula is C14H17FN2O3. The molecule has 6 heteroatoms. The summed E-state index contributed by atoms with van der Waals surface area (Å²) in [4.78, 5) is 24.9. The van der Waals surface area contributed by atoms with Gasteiger partial charge in [0.2, 0.25) is 5.91 Å². The zero-order valence-electron chi connectivity index (χ0n) is 11.2. The highest BCUT2D eigenvalue weighted by molar-refractivity contribution is 5.93. The van der Waals surface area contributed by atoms with E-state index in [1.54, 1.807) is 17.9 Å². The molecule has 1 aromatic carbocycles. The molecule has 0 radical (unpaired) electrons. The van der Waals surface area contributed by atoms with Crippen LogP contribution < -0.4 is 5.32 Å². The lowest BCUT2D eigenvalue weighted by Gasteiger charge is -2.30. The van der Waals surface area contributed by atoms with E-state index in [1.807, 2.05) is 0 Å². The van der Waals surface area contributed by atoms with Crippen LogP contribution in [0.5, 0.6) is 0 Å². The van der Waals surface area contributed by atoms with Crippen molar-refractivity contribution >= 4 is 17.6 Å². The first kappa shape index (κ1) is 14.5. The number of anilines is 1. The molecule has 108 valence electrons. The fourth-order valence-corrected chi connectivity index (χ4v) is 2.45. The maximum absolute atomic E-state index is 13.0. The van der Waals surface area contributed by atoms with Gasteiger partial charge in [0, 0.05) is 5.69 Å².